The number of benzene rings is 1. The molecule has 1 N–H and O–H groups in total. The van der Waals surface area contributed by atoms with Crippen LogP contribution in [0.1, 0.15) is 13.8 Å². The van der Waals surface area contributed by atoms with Gasteiger partial charge in [0.15, 0.2) is 0 Å². The van der Waals surface area contributed by atoms with Crippen molar-refractivity contribution < 1.29 is 9.59 Å². The topological polar surface area (TPSA) is 52.7 Å². The van der Waals surface area contributed by atoms with Crippen LogP contribution >= 0.6 is 23.2 Å². The zero-order chi connectivity index (χ0) is 17.2. The summed E-state index contributed by atoms with van der Waals surface area (Å²) in [7, 11) is 2.02. The molecule has 2 amide bonds. The molecule has 0 saturated carbocycles. The number of likely N-dealkylation sites (N-methyl/N-ethyl adjacent to an activating group) is 1. The molecule has 1 aliphatic rings. The molecule has 0 unspecified atom stereocenters. The number of nitrogens with zero attached hydrogens (tertiary/aromatic N) is 2. The number of rotatable bonds is 3. The lowest BCUT2D eigenvalue weighted by Gasteiger charge is -2.36. The van der Waals surface area contributed by atoms with E-state index < -0.39 is 5.41 Å². The van der Waals surface area contributed by atoms with Crippen LogP contribution in [0.4, 0.5) is 5.69 Å². The Balaban J connectivity index is 2.08. The van der Waals surface area contributed by atoms with E-state index in [2.05, 4.69) is 10.2 Å². The second-order valence-electron chi connectivity index (χ2n) is 6.33. The molecule has 5 nitrogen and oxygen atoms in total. The minimum atomic E-state index is -1.16. The summed E-state index contributed by atoms with van der Waals surface area (Å²) in [4.78, 5) is 29.1. The molecule has 1 fully saturated rings. The fraction of sp³-hybridized carbons (Fsp3) is 0.500. The average molecular weight is 358 g/mol. The Hall–Kier alpha value is -1.30. The molecule has 7 heteroatoms. The number of carbonyl (C=O) groups is 2. The van der Waals surface area contributed by atoms with Gasteiger partial charge in [-0.3, -0.25) is 9.59 Å². The molecule has 1 heterocycles. The fourth-order valence-electron chi connectivity index (χ4n) is 2.42. The highest BCUT2D eigenvalue weighted by Gasteiger charge is 2.39. The van der Waals surface area contributed by atoms with E-state index in [4.69, 9.17) is 23.2 Å². The Morgan fingerprint density at radius 1 is 1.04 bits per heavy atom. The second-order valence-corrected chi connectivity index (χ2v) is 7.21. The van der Waals surface area contributed by atoms with Crippen molar-refractivity contribution in [3.8, 4) is 0 Å². The Morgan fingerprint density at radius 3 is 2.09 bits per heavy atom. The van der Waals surface area contributed by atoms with E-state index in [1.807, 2.05) is 7.05 Å². The zero-order valence-electron chi connectivity index (χ0n) is 13.5. The molecule has 1 saturated heterocycles. The summed E-state index contributed by atoms with van der Waals surface area (Å²) in [6, 6.07) is 4.78. The lowest BCUT2D eigenvalue weighted by Crippen LogP contribution is -2.53. The molecule has 0 aliphatic carbocycles. The summed E-state index contributed by atoms with van der Waals surface area (Å²) >= 11 is 11.9. The number of hydrogen-bond donors (Lipinski definition) is 1. The van der Waals surface area contributed by atoms with Gasteiger partial charge in [0.2, 0.25) is 11.8 Å². The molecule has 126 valence electrons. The van der Waals surface area contributed by atoms with Gasteiger partial charge in [0.25, 0.3) is 0 Å². The van der Waals surface area contributed by atoms with Crippen LogP contribution in [0.5, 0.6) is 0 Å². The Bertz CT molecular complexity index is 591. The fourth-order valence-corrected chi connectivity index (χ4v) is 2.94. The number of amides is 2. The highest BCUT2D eigenvalue weighted by Crippen LogP contribution is 2.26. The summed E-state index contributed by atoms with van der Waals surface area (Å²) in [5.74, 6) is -0.545. The van der Waals surface area contributed by atoms with Crippen molar-refractivity contribution in [3.63, 3.8) is 0 Å². The first kappa shape index (κ1) is 18.0. The maximum absolute atomic E-state index is 12.7. The van der Waals surface area contributed by atoms with E-state index in [1.165, 1.54) is 0 Å². The predicted molar refractivity (Wildman–Crippen MR) is 92.9 cm³/mol. The van der Waals surface area contributed by atoms with Gasteiger partial charge in [-0.1, -0.05) is 23.2 Å². The minimum absolute atomic E-state index is 0.170. The first-order valence-corrected chi connectivity index (χ1v) is 8.21. The minimum Gasteiger partial charge on any atom is -0.339 e. The molecule has 0 spiro atoms. The highest BCUT2D eigenvalue weighted by molar-refractivity contribution is 6.35. The molecule has 1 aromatic carbocycles. The van der Waals surface area contributed by atoms with Gasteiger partial charge in [0.1, 0.15) is 5.41 Å². The van der Waals surface area contributed by atoms with Crippen LogP contribution in [-0.2, 0) is 9.59 Å². The van der Waals surface area contributed by atoms with Crippen molar-refractivity contribution in [1.82, 2.24) is 9.80 Å². The molecule has 0 radical (unpaired) electrons. The van der Waals surface area contributed by atoms with Gasteiger partial charge in [0.05, 0.1) is 0 Å². The van der Waals surface area contributed by atoms with Crippen molar-refractivity contribution in [3.05, 3.63) is 28.2 Å². The summed E-state index contributed by atoms with van der Waals surface area (Å²) < 4.78 is 0. The maximum atomic E-state index is 12.7. The van der Waals surface area contributed by atoms with Crippen LogP contribution < -0.4 is 5.32 Å². The molecule has 2 rings (SSSR count). The van der Waals surface area contributed by atoms with Gasteiger partial charge >= 0.3 is 0 Å². The van der Waals surface area contributed by atoms with Gasteiger partial charge in [-0.15, -0.1) is 0 Å². The third kappa shape index (κ3) is 4.37. The predicted octanol–water partition coefficient (Wildman–Crippen LogP) is 2.73. The molecule has 0 atom stereocenters. The normalized spacial score (nSPS) is 16.3. The number of hydrogen-bond acceptors (Lipinski definition) is 3. The van der Waals surface area contributed by atoms with Crippen molar-refractivity contribution in [1.29, 1.82) is 0 Å². The number of halogens is 2. The van der Waals surface area contributed by atoms with Crippen molar-refractivity contribution in [2.75, 3.05) is 38.5 Å². The molecule has 1 aromatic rings. The van der Waals surface area contributed by atoms with Gasteiger partial charge in [-0.25, -0.2) is 0 Å². The van der Waals surface area contributed by atoms with Crippen LogP contribution in [0.25, 0.3) is 0 Å². The van der Waals surface area contributed by atoms with Crippen molar-refractivity contribution in [2.24, 2.45) is 5.41 Å². The van der Waals surface area contributed by atoms with Crippen LogP contribution in [0.3, 0.4) is 0 Å². The first-order valence-electron chi connectivity index (χ1n) is 7.45. The highest BCUT2D eigenvalue weighted by atomic mass is 35.5. The summed E-state index contributed by atoms with van der Waals surface area (Å²) in [6.07, 6.45) is 0. The van der Waals surface area contributed by atoms with E-state index in [0.717, 1.165) is 13.1 Å². The van der Waals surface area contributed by atoms with E-state index in [1.54, 1.807) is 36.9 Å². The molecule has 23 heavy (non-hydrogen) atoms. The monoisotopic (exact) mass is 357 g/mol. The van der Waals surface area contributed by atoms with E-state index in [0.29, 0.717) is 28.8 Å². The number of piperazine rings is 1. The van der Waals surface area contributed by atoms with Crippen LogP contribution in [-0.4, -0.2) is 54.8 Å². The third-order valence-corrected chi connectivity index (χ3v) is 4.45. The molecule has 0 bridgehead atoms. The maximum Gasteiger partial charge on any atom is 0.239 e. The molecular formula is C16H21Cl2N3O2. The summed E-state index contributed by atoms with van der Waals surface area (Å²) in [5, 5.41) is 3.58. The Kier molecular flexibility index (Phi) is 5.55. The van der Waals surface area contributed by atoms with E-state index in [9.17, 15) is 9.59 Å². The van der Waals surface area contributed by atoms with Gasteiger partial charge in [0, 0.05) is 41.9 Å². The summed E-state index contributed by atoms with van der Waals surface area (Å²) in [6.45, 7) is 6.16. The van der Waals surface area contributed by atoms with Gasteiger partial charge in [-0.05, 0) is 39.1 Å². The number of anilines is 1. The second kappa shape index (κ2) is 7.07. The molecule has 1 aliphatic heterocycles. The smallest absolute Gasteiger partial charge is 0.239 e. The van der Waals surface area contributed by atoms with Crippen LogP contribution in [0.15, 0.2) is 18.2 Å². The lowest BCUT2D eigenvalue weighted by molar-refractivity contribution is -0.147. The first-order chi connectivity index (χ1) is 10.7. The number of carbonyl (C=O) groups excluding carboxylic acids is 2. The Morgan fingerprint density at radius 2 is 1.57 bits per heavy atom. The molecule has 0 aromatic heterocycles. The largest absolute Gasteiger partial charge is 0.339 e. The van der Waals surface area contributed by atoms with E-state index in [-0.39, 0.29) is 11.8 Å². The van der Waals surface area contributed by atoms with Crippen LogP contribution in [0.2, 0.25) is 10.0 Å². The lowest BCUT2D eigenvalue weighted by atomic mass is 9.89. The third-order valence-electron chi connectivity index (χ3n) is 4.01. The number of nitrogens with one attached hydrogen (secondary N) is 1. The zero-order valence-corrected chi connectivity index (χ0v) is 15.0. The summed E-state index contributed by atoms with van der Waals surface area (Å²) in [5.41, 5.74) is -0.684. The van der Waals surface area contributed by atoms with Crippen molar-refractivity contribution in [2.45, 2.75) is 13.8 Å². The van der Waals surface area contributed by atoms with E-state index >= 15 is 0 Å². The van der Waals surface area contributed by atoms with Crippen molar-refractivity contribution >= 4 is 40.7 Å². The SMILES string of the molecule is CN1CCN(C(=O)C(C)(C)C(=O)Nc2cc(Cl)cc(Cl)c2)CC1. The van der Waals surface area contributed by atoms with Gasteiger partial charge in [-0.2, -0.15) is 0 Å². The standard InChI is InChI=1S/C16H21Cl2N3O2/c1-16(2,15(23)21-6-4-20(3)5-7-21)14(22)19-13-9-11(17)8-12(18)10-13/h8-10H,4-7H2,1-3H3,(H,19,22). The average Bonchev–Trinajstić information content (AvgIpc) is 2.46. The van der Waals surface area contributed by atoms with Gasteiger partial charge < -0.3 is 15.1 Å². The van der Waals surface area contributed by atoms with Crippen LogP contribution in [0, 0.1) is 5.41 Å². The Labute approximate surface area is 146 Å². The molecular weight excluding hydrogens is 337 g/mol. The quantitative estimate of drug-likeness (QED) is 0.846.